The van der Waals surface area contributed by atoms with Crippen LogP contribution in [0.25, 0.3) is 11.4 Å². The van der Waals surface area contributed by atoms with Crippen LogP contribution in [0.2, 0.25) is 0 Å². The predicted molar refractivity (Wildman–Crippen MR) is 103 cm³/mol. The largest absolute Gasteiger partial charge is 0.268 e. The van der Waals surface area contributed by atoms with Gasteiger partial charge in [0.25, 0.3) is 0 Å². The van der Waals surface area contributed by atoms with E-state index in [0.29, 0.717) is 11.4 Å². The highest BCUT2D eigenvalue weighted by atomic mass is 32.2. The Bertz CT molecular complexity index is 1140. The second-order valence-corrected chi connectivity index (χ2v) is 8.02. The highest BCUT2D eigenvalue weighted by Gasteiger charge is 2.16. The molecule has 0 amide bonds. The van der Waals surface area contributed by atoms with Crippen LogP contribution in [0.5, 0.6) is 0 Å². The molecule has 0 fully saturated rings. The maximum atomic E-state index is 12.6. The van der Waals surface area contributed by atoms with Crippen molar-refractivity contribution in [3.05, 3.63) is 96.8 Å². The van der Waals surface area contributed by atoms with Crippen LogP contribution in [0, 0.1) is 0 Å². The van der Waals surface area contributed by atoms with Gasteiger partial charge in [-0.2, -0.15) is 5.10 Å². The van der Waals surface area contributed by atoms with Crippen LogP contribution >= 0.6 is 0 Å². The summed E-state index contributed by atoms with van der Waals surface area (Å²) < 4.78 is 27.1. The Kier molecular flexibility index (Phi) is 4.56. The normalized spacial score (nSPS) is 11.4. The lowest BCUT2D eigenvalue weighted by atomic mass is 10.2. The topological polar surface area (TPSA) is 64.8 Å². The van der Waals surface area contributed by atoms with Crippen molar-refractivity contribution >= 4 is 9.84 Å². The summed E-state index contributed by atoms with van der Waals surface area (Å²) in [6.45, 7) is 0.554. The molecule has 134 valence electrons. The van der Waals surface area contributed by atoms with Gasteiger partial charge in [0.1, 0.15) is 5.69 Å². The van der Waals surface area contributed by atoms with Crippen molar-refractivity contribution in [2.24, 2.45) is 0 Å². The van der Waals surface area contributed by atoms with Crippen molar-refractivity contribution < 1.29 is 8.42 Å². The average molecular weight is 375 g/mol. The molecule has 0 N–H and O–H groups in total. The fourth-order valence-electron chi connectivity index (χ4n) is 2.80. The molecule has 2 aromatic carbocycles. The van der Waals surface area contributed by atoms with Crippen molar-refractivity contribution in [1.29, 1.82) is 0 Å². The number of hydrogen-bond donors (Lipinski definition) is 0. The number of benzene rings is 2. The lowest BCUT2D eigenvalue weighted by molar-refractivity contribution is 0.596. The van der Waals surface area contributed by atoms with E-state index in [1.165, 1.54) is 0 Å². The maximum Gasteiger partial charge on any atom is 0.206 e. The fraction of sp³-hybridized carbons (Fsp3) is 0.0476. The lowest BCUT2D eigenvalue weighted by Crippen LogP contribution is -2.04. The molecule has 0 bridgehead atoms. The zero-order valence-corrected chi connectivity index (χ0v) is 15.3. The highest BCUT2D eigenvalue weighted by Crippen LogP contribution is 2.21. The third-order valence-electron chi connectivity index (χ3n) is 4.20. The molecule has 0 atom stereocenters. The predicted octanol–water partition coefficient (Wildman–Crippen LogP) is 3.83. The molecule has 4 aromatic rings. The van der Waals surface area contributed by atoms with Gasteiger partial charge in [-0.3, -0.25) is 9.67 Å². The first-order valence-electron chi connectivity index (χ1n) is 8.47. The van der Waals surface area contributed by atoms with Gasteiger partial charge in [-0.25, -0.2) is 8.42 Å². The molecule has 0 unspecified atom stereocenters. The first-order valence-corrected chi connectivity index (χ1v) is 9.95. The molecule has 0 aliphatic rings. The van der Waals surface area contributed by atoms with Crippen molar-refractivity contribution in [1.82, 2.24) is 14.8 Å². The summed E-state index contributed by atoms with van der Waals surface area (Å²) in [5, 5.41) is 4.53. The quantitative estimate of drug-likeness (QED) is 0.532. The van der Waals surface area contributed by atoms with Crippen LogP contribution in [0.15, 0.2) is 101 Å². The maximum absolute atomic E-state index is 12.6. The zero-order valence-electron chi connectivity index (χ0n) is 14.4. The van der Waals surface area contributed by atoms with E-state index in [-0.39, 0.29) is 4.90 Å². The second kappa shape index (κ2) is 7.17. The third-order valence-corrected chi connectivity index (χ3v) is 5.99. The number of rotatable bonds is 5. The van der Waals surface area contributed by atoms with E-state index >= 15 is 0 Å². The summed E-state index contributed by atoms with van der Waals surface area (Å²) >= 11 is 0. The fourth-order valence-corrected chi connectivity index (χ4v) is 4.08. The van der Waals surface area contributed by atoms with E-state index in [0.717, 1.165) is 17.0 Å². The third kappa shape index (κ3) is 3.66. The SMILES string of the molecule is O=S(=O)(c1ccccc1)c1ccc(Cn2ccc(-c3ccccn3)n2)cc1. The number of sulfone groups is 1. The molecular formula is C21H17N3O2S. The molecule has 0 aliphatic heterocycles. The molecule has 0 saturated carbocycles. The number of hydrogen-bond acceptors (Lipinski definition) is 4. The Morgan fingerprint density at radius 3 is 2.15 bits per heavy atom. The van der Waals surface area contributed by atoms with Gasteiger partial charge in [0.05, 0.1) is 22.0 Å². The van der Waals surface area contributed by atoms with Gasteiger partial charge in [0.15, 0.2) is 0 Å². The van der Waals surface area contributed by atoms with Crippen molar-refractivity contribution in [2.45, 2.75) is 16.3 Å². The summed E-state index contributed by atoms with van der Waals surface area (Å²) in [4.78, 5) is 4.87. The molecule has 2 aromatic heterocycles. The molecule has 4 rings (SSSR count). The highest BCUT2D eigenvalue weighted by molar-refractivity contribution is 7.91. The zero-order chi connectivity index (χ0) is 18.7. The molecule has 6 heteroatoms. The van der Waals surface area contributed by atoms with Gasteiger partial charge in [0.2, 0.25) is 9.84 Å². The Labute approximate surface area is 157 Å². The van der Waals surface area contributed by atoms with Crippen LogP contribution in [-0.2, 0) is 16.4 Å². The van der Waals surface area contributed by atoms with Crippen molar-refractivity contribution in [3.8, 4) is 11.4 Å². The van der Waals surface area contributed by atoms with Crippen LogP contribution in [0.4, 0.5) is 0 Å². The minimum atomic E-state index is -3.49. The van der Waals surface area contributed by atoms with Gasteiger partial charge >= 0.3 is 0 Å². The van der Waals surface area contributed by atoms with Crippen molar-refractivity contribution in [3.63, 3.8) is 0 Å². The first kappa shape index (κ1) is 17.2. The van der Waals surface area contributed by atoms with Crippen LogP contribution in [0.3, 0.4) is 0 Å². The monoisotopic (exact) mass is 375 g/mol. The summed E-state index contributed by atoms with van der Waals surface area (Å²) in [5.74, 6) is 0. The van der Waals surface area contributed by atoms with Crippen LogP contribution < -0.4 is 0 Å². The Hall–Kier alpha value is -3.25. The minimum absolute atomic E-state index is 0.284. The molecule has 0 radical (unpaired) electrons. The Morgan fingerprint density at radius 2 is 1.44 bits per heavy atom. The van der Waals surface area contributed by atoms with E-state index in [1.807, 2.05) is 47.3 Å². The molecule has 0 aliphatic carbocycles. The summed E-state index contributed by atoms with van der Waals surface area (Å²) in [6.07, 6.45) is 3.62. The van der Waals surface area contributed by atoms with E-state index < -0.39 is 9.84 Å². The number of aromatic nitrogens is 3. The molecular weight excluding hydrogens is 358 g/mol. The molecule has 27 heavy (non-hydrogen) atoms. The summed E-state index contributed by atoms with van der Waals surface area (Å²) in [7, 11) is -3.49. The first-order chi connectivity index (χ1) is 13.1. The summed E-state index contributed by atoms with van der Waals surface area (Å²) in [5.41, 5.74) is 2.59. The van der Waals surface area contributed by atoms with Gasteiger partial charge in [-0.1, -0.05) is 36.4 Å². The van der Waals surface area contributed by atoms with Gasteiger partial charge < -0.3 is 0 Å². The van der Waals surface area contributed by atoms with Crippen LogP contribution in [-0.4, -0.2) is 23.2 Å². The molecule has 0 saturated heterocycles. The van der Waals surface area contributed by atoms with Gasteiger partial charge in [-0.15, -0.1) is 0 Å². The van der Waals surface area contributed by atoms with E-state index in [1.54, 1.807) is 48.7 Å². The Balaban J connectivity index is 1.53. The van der Waals surface area contributed by atoms with Crippen LogP contribution in [0.1, 0.15) is 5.56 Å². The van der Waals surface area contributed by atoms with E-state index in [2.05, 4.69) is 10.1 Å². The molecule has 5 nitrogen and oxygen atoms in total. The Morgan fingerprint density at radius 1 is 0.741 bits per heavy atom. The van der Waals surface area contributed by atoms with E-state index in [9.17, 15) is 8.42 Å². The van der Waals surface area contributed by atoms with Gasteiger partial charge in [0, 0.05) is 12.4 Å². The van der Waals surface area contributed by atoms with Gasteiger partial charge in [-0.05, 0) is 48.0 Å². The summed E-state index contributed by atoms with van der Waals surface area (Å²) in [6, 6.07) is 23.0. The standard InChI is InChI=1S/C21H17N3O2S/c25-27(26,18-6-2-1-3-7-18)19-11-9-17(10-12-19)16-24-15-13-21(23-24)20-8-4-5-14-22-20/h1-15H,16H2. The average Bonchev–Trinajstić information content (AvgIpc) is 3.18. The van der Waals surface area contributed by atoms with Crippen molar-refractivity contribution in [2.75, 3.05) is 0 Å². The second-order valence-electron chi connectivity index (χ2n) is 6.07. The molecule has 2 heterocycles. The minimum Gasteiger partial charge on any atom is -0.268 e. The van der Waals surface area contributed by atoms with E-state index in [4.69, 9.17) is 0 Å². The number of pyridine rings is 1. The lowest BCUT2D eigenvalue weighted by Gasteiger charge is -2.06. The number of nitrogens with zero attached hydrogens (tertiary/aromatic N) is 3. The smallest absolute Gasteiger partial charge is 0.206 e. The molecule has 0 spiro atoms.